The minimum Gasteiger partial charge on any atom is -0.391 e. The SMILES string of the molecule is O=C(NC[C@@H](O)C1CCCC1)C(=O)Nc1cc(F)ccc1Cl. The van der Waals surface area contributed by atoms with Crippen molar-refractivity contribution in [2.24, 2.45) is 5.92 Å². The molecule has 0 aromatic heterocycles. The van der Waals surface area contributed by atoms with Crippen LogP contribution in [0, 0.1) is 11.7 Å². The van der Waals surface area contributed by atoms with Crippen LogP contribution in [-0.4, -0.2) is 29.6 Å². The van der Waals surface area contributed by atoms with Crippen LogP contribution in [0.2, 0.25) is 5.02 Å². The Labute approximate surface area is 132 Å². The van der Waals surface area contributed by atoms with Gasteiger partial charge >= 0.3 is 11.8 Å². The molecule has 2 amide bonds. The standard InChI is InChI=1S/C15H18ClFN2O3/c16-11-6-5-10(17)7-12(11)19-15(22)14(21)18-8-13(20)9-3-1-2-4-9/h5-7,9,13,20H,1-4,8H2,(H,18,21)(H,19,22)/t13-/m1/s1. The highest BCUT2D eigenvalue weighted by molar-refractivity contribution is 6.41. The Kier molecular flexibility index (Phi) is 5.74. The summed E-state index contributed by atoms with van der Waals surface area (Å²) < 4.78 is 13.1. The number of halogens is 2. The fraction of sp³-hybridized carbons (Fsp3) is 0.467. The van der Waals surface area contributed by atoms with Gasteiger partial charge < -0.3 is 15.7 Å². The van der Waals surface area contributed by atoms with Gasteiger partial charge in [0.2, 0.25) is 0 Å². The number of hydrogen-bond acceptors (Lipinski definition) is 3. The van der Waals surface area contributed by atoms with Gasteiger partial charge in [0, 0.05) is 6.54 Å². The van der Waals surface area contributed by atoms with Gasteiger partial charge in [0.25, 0.3) is 0 Å². The second-order valence-electron chi connectivity index (χ2n) is 5.40. The predicted octanol–water partition coefficient (Wildman–Crippen LogP) is 2.08. The van der Waals surface area contributed by atoms with E-state index in [9.17, 15) is 19.1 Å². The van der Waals surface area contributed by atoms with Crippen LogP contribution in [-0.2, 0) is 9.59 Å². The smallest absolute Gasteiger partial charge is 0.313 e. The van der Waals surface area contributed by atoms with Crippen molar-refractivity contribution in [3.8, 4) is 0 Å². The number of aliphatic hydroxyl groups is 1. The number of carbonyl (C=O) groups excluding carboxylic acids is 2. The van der Waals surface area contributed by atoms with Crippen molar-refractivity contribution in [1.82, 2.24) is 5.32 Å². The van der Waals surface area contributed by atoms with Crippen LogP contribution < -0.4 is 10.6 Å². The van der Waals surface area contributed by atoms with Crippen LogP contribution in [0.5, 0.6) is 0 Å². The van der Waals surface area contributed by atoms with E-state index in [1.54, 1.807) is 0 Å². The number of anilines is 1. The predicted molar refractivity (Wildman–Crippen MR) is 81.0 cm³/mol. The van der Waals surface area contributed by atoms with Gasteiger partial charge in [-0.2, -0.15) is 0 Å². The van der Waals surface area contributed by atoms with Crippen LogP contribution in [0.3, 0.4) is 0 Å². The van der Waals surface area contributed by atoms with Crippen LogP contribution in [0.4, 0.5) is 10.1 Å². The van der Waals surface area contributed by atoms with Gasteiger partial charge in [-0.15, -0.1) is 0 Å². The Morgan fingerprint density at radius 2 is 2.00 bits per heavy atom. The molecule has 1 aliphatic rings. The molecule has 1 aromatic carbocycles. The van der Waals surface area contributed by atoms with E-state index < -0.39 is 23.7 Å². The molecule has 0 spiro atoms. The van der Waals surface area contributed by atoms with Gasteiger partial charge in [0.15, 0.2) is 0 Å². The molecule has 120 valence electrons. The normalized spacial score (nSPS) is 16.3. The first-order valence-electron chi connectivity index (χ1n) is 7.19. The molecule has 1 fully saturated rings. The van der Waals surface area contributed by atoms with Crippen LogP contribution in [0.25, 0.3) is 0 Å². The maximum Gasteiger partial charge on any atom is 0.313 e. The largest absolute Gasteiger partial charge is 0.391 e. The first-order chi connectivity index (χ1) is 10.5. The highest BCUT2D eigenvalue weighted by atomic mass is 35.5. The number of nitrogens with one attached hydrogen (secondary N) is 2. The number of carbonyl (C=O) groups is 2. The fourth-order valence-electron chi connectivity index (χ4n) is 2.56. The molecule has 1 saturated carbocycles. The first-order valence-corrected chi connectivity index (χ1v) is 7.57. The van der Waals surface area contributed by atoms with Crippen molar-refractivity contribution >= 4 is 29.1 Å². The summed E-state index contributed by atoms with van der Waals surface area (Å²) >= 11 is 5.81. The molecule has 7 heteroatoms. The lowest BCUT2D eigenvalue weighted by molar-refractivity contribution is -0.136. The van der Waals surface area contributed by atoms with Crippen molar-refractivity contribution in [3.05, 3.63) is 29.0 Å². The molecule has 2 rings (SSSR count). The topological polar surface area (TPSA) is 78.4 Å². The summed E-state index contributed by atoms with van der Waals surface area (Å²) in [7, 11) is 0. The van der Waals surface area contributed by atoms with Gasteiger partial charge in [-0.25, -0.2) is 4.39 Å². The van der Waals surface area contributed by atoms with E-state index in [1.165, 1.54) is 6.07 Å². The minimum atomic E-state index is -0.953. The Bertz CT molecular complexity index is 562. The molecule has 0 bridgehead atoms. The zero-order valence-electron chi connectivity index (χ0n) is 11.9. The number of hydrogen-bond donors (Lipinski definition) is 3. The number of amides is 2. The third-order valence-electron chi connectivity index (χ3n) is 3.80. The lowest BCUT2D eigenvalue weighted by Gasteiger charge is -2.17. The average Bonchev–Trinajstić information content (AvgIpc) is 3.02. The summed E-state index contributed by atoms with van der Waals surface area (Å²) in [6.07, 6.45) is 3.37. The third-order valence-corrected chi connectivity index (χ3v) is 4.13. The average molecular weight is 329 g/mol. The Balaban J connectivity index is 1.84. The van der Waals surface area contributed by atoms with E-state index in [-0.39, 0.29) is 23.2 Å². The second-order valence-corrected chi connectivity index (χ2v) is 5.81. The number of aliphatic hydroxyl groups excluding tert-OH is 1. The van der Waals surface area contributed by atoms with Crippen molar-refractivity contribution in [1.29, 1.82) is 0 Å². The third kappa shape index (κ3) is 4.42. The Morgan fingerprint density at radius 3 is 2.68 bits per heavy atom. The lowest BCUT2D eigenvalue weighted by Crippen LogP contribution is -2.41. The zero-order chi connectivity index (χ0) is 16.1. The highest BCUT2D eigenvalue weighted by Gasteiger charge is 2.24. The quantitative estimate of drug-likeness (QED) is 0.740. The van der Waals surface area contributed by atoms with Gasteiger partial charge in [0.05, 0.1) is 16.8 Å². The molecule has 1 aliphatic carbocycles. The van der Waals surface area contributed by atoms with Crippen molar-refractivity contribution in [2.75, 3.05) is 11.9 Å². The monoisotopic (exact) mass is 328 g/mol. The molecule has 0 aliphatic heterocycles. The summed E-state index contributed by atoms with van der Waals surface area (Å²) in [5.41, 5.74) is 0.0261. The molecule has 0 radical (unpaired) electrons. The second kappa shape index (κ2) is 7.56. The fourth-order valence-corrected chi connectivity index (χ4v) is 2.72. The Hall–Kier alpha value is -1.66. The first kappa shape index (κ1) is 16.7. The number of benzene rings is 1. The summed E-state index contributed by atoms with van der Waals surface area (Å²) in [6, 6.07) is 3.46. The van der Waals surface area contributed by atoms with E-state index in [0.717, 1.165) is 37.8 Å². The van der Waals surface area contributed by atoms with E-state index in [0.29, 0.717) is 0 Å². The van der Waals surface area contributed by atoms with E-state index in [1.807, 2.05) is 0 Å². The molecule has 0 unspecified atom stereocenters. The molecule has 5 nitrogen and oxygen atoms in total. The van der Waals surface area contributed by atoms with Crippen molar-refractivity contribution in [2.45, 2.75) is 31.8 Å². The van der Waals surface area contributed by atoms with Crippen molar-refractivity contribution in [3.63, 3.8) is 0 Å². The highest BCUT2D eigenvalue weighted by Crippen LogP contribution is 2.27. The van der Waals surface area contributed by atoms with E-state index in [2.05, 4.69) is 10.6 Å². The summed E-state index contributed by atoms with van der Waals surface area (Å²) in [5.74, 6) is -2.25. The summed E-state index contributed by atoms with van der Waals surface area (Å²) in [6.45, 7) is 0.0216. The van der Waals surface area contributed by atoms with Gasteiger partial charge in [-0.3, -0.25) is 9.59 Å². The number of rotatable bonds is 4. The molecular formula is C15H18ClFN2O3. The summed E-state index contributed by atoms with van der Waals surface area (Å²) in [4.78, 5) is 23.4. The van der Waals surface area contributed by atoms with E-state index in [4.69, 9.17) is 11.6 Å². The molecule has 1 atom stereocenters. The molecule has 1 aromatic rings. The van der Waals surface area contributed by atoms with Crippen LogP contribution in [0.15, 0.2) is 18.2 Å². The van der Waals surface area contributed by atoms with Crippen LogP contribution >= 0.6 is 11.6 Å². The molecule has 0 heterocycles. The Morgan fingerprint density at radius 1 is 1.32 bits per heavy atom. The lowest BCUT2D eigenvalue weighted by atomic mass is 10.0. The van der Waals surface area contributed by atoms with E-state index >= 15 is 0 Å². The molecule has 3 N–H and O–H groups in total. The van der Waals surface area contributed by atoms with Crippen LogP contribution in [0.1, 0.15) is 25.7 Å². The van der Waals surface area contributed by atoms with Gasteiger partial charge in [0.1, 0.15) is 5.82 Å². The maximum absolute atomic E-state index is 13.1. The van der Waals surface area contributed by atoms with Crippen molar-refractivity contribution < 1.29 is 19.1 Å². The molecule has 0 saturated heterocycles. The molecule has 22 heavy (non-hydrogen) atoms. The summed E-state index contributed by atoms with van der Waals surface area (Å²) in [5, 5.41) is 14.7. The molecular weight excluding hydrogens is 311 g/mol. The minimum absolute atomic E-state index is 0.0216. The van der Waals surface area contributed by atoms with Gasteiger partial charge in [-0.1, -0.05) is 24.4 Å². The maximum atomic E-state index is 13.1. The van der Waals surface area contributed by atoms with Gasteiger partial charge in [-0.05, 0) is 37.0 Å². The zero-order valence-corrected chi connectivity index (χ0v) is 12.7.